The summed E-state index contributed by atoms with van der Waals surface area (Å²) in [5.74, 6) is 5.71. The number of nitrogens with zero attached hydrogens (tertiary/aromatic N) is 1. The van der Waals surface area contributed by atoms with Gasteiger partial charge in [-0.1, -0.05) is 31.1 Å². The van der Waals surface area contributed by atoms with Crippen LogP contribution in [-0.2, 0) is 0 Å². The standard InChI is InChI=1S/C17H23NO2S/c1-3-18(14-8-5-4-6-9-14)17(20)16-12-13(2)15(21-16)10-7-11-19/h12,14,19H,3-6,8-9,11H2,1-2H3. The fraction of sp³-hybridized carbons (Fsp3) is 0.588. The van der Waals surface area contributed by atoms with Crippen LogP contribution in [0.1, 0.15) is 59.1 Å². The third-order valence-electron chi connectivity index (χ3n) is 4.03. The maximum absolute atomic E-state index is 12.8. The lowest BCUT2D eigenvalue weighted by Crippen LogP contribution is -2.41. The Balaban J connectivity index is 2.17. The highest BCUT2D eigenvalue weighted by Gasteiger charge is 2.26. The lowest BCUT2D eigenvalue weighted by Gasteiger charge is -2.33. The maximum atomic E-state index is 12.8. The highest BCUT2D eigenvalue weighted by molar-refractivity contribution is 7.14. The van der Waals surface area contributed by atoms with Crippen molar-refractivity contribution >= 4 is 17.2 Å². The molecule has 114 valence electrons. The maximum Gasteiger partial charge on any atom is 0.264 e. The van der Waals surface area contributed by atoms with Crippen LogP contribution in [0.25, 0.3) is 0 Å². The number of amides is 1. The van der Waals surface area contributed by atoms with Crippen LogP contribution >= 0.6 is 11.3 Å². The summed E-state index contributed by atoms with van der Waals surface area (Å²) in [6, 6.07) is 2.32. The van der Waals surface area contributed by atoms with E-state index in [0.717, 1.165) is 34.7 Å². The van der Waals surface area contributed by atoms with E-state index in [0.29, 0.717) is 6.04 Å². The van der Waals surface area contributed by atoms with Crippen LogP contribution in [0.4, 0.5) is 0 Å². The highest BCUT2D eigenvalue weighted by Crippen LogP contribution is 2.27. The largest absolute Gasteiger partial charge is 0.384 e. The molecule has 1 N–H and O–H groups in total. The smallest absolute Gasteiger partial charge is 0.264 e. The molecule has 0 spiro atoms. The van der Waals surface area contributed by atoms with Crippen LogP contribution in [0.5, 0.6) is 0 Å². The molecule has 0 aliphatic heterocycles. The van der Waals surface area contributed by atoms with Gasteiger partial charge in [0.15, 0.2) is 0 Å². The zero-order valence-electron chi connectivity index (χ0n) is 12.8. The predicted molar refractivity (Wildman–Crippen MR) is 86.6 cm³/mol. The molecule has 0 atom stereocenters. The van der Waals surface area contributed by atoms with E-state index in [4.69, 9.17) is 5.11 Å². The van der Waals surface area contributed by atoms with Crippen molar-refractivity contribution in [3.63, 3.8) is 0 Å². The first kappa shape index (κ1) is 16.1. The molecule has 0 unspecified atom stereocenters. The van der Waals surface area contributed by atoms with E-state index >= 15 is 0 Å². The van der Waals surface area contributed by atoms with Crippen molar-refractivity contribution in [1.82, 2.24) is 4.90 Å². The Morgan fingerprint density at radius 3 is 2.76 bits per heavy atom. The Bertz CT molecular complexity index is 547. The van der Waals surface area contributed by atoms with Crippen LogP contribution in [0.2, 0.25) is 0 Å². The van der Waals surface area contributed by atoms with Gasteiger partial charge >= 0.3 is 0 Å². The van der Waals surface area contributed by atoms with Gasteiger partial charge in [0, 0.05) is 12.6 Å². The van der Waals surface area contributed by atoms with Gasteiger partial charge < -0.3 is 10.0 Å². The van der Waals surface area contributed by atoms with Crippen molar-refractivity contribution in [2.75, 3.05) is 13.2 Å². The second-order valence-corrected chi connectivity index (χ2v) is 6.52. The van der Waals surface area contributed by atoms with Gasteiger partial charge in [0.2, 0.25) is 0 Å². The lowest BCUT2D eigenvalue weighted by atomic mass is 9.94. The molecule has 0 radical (unpaired) electrons. The fourth-order valence-corrected chi connectivity index (χ4v) is 3.94. The molecule has 1 aliphatic rings. The van der Waals surface area contributed by atoms with Crippen LogP contribution in [0, 0.1) is 18.8 Å². The van der Waals surface area contributed by atoms with Crippen LogP contribution < -0.4 is 0 Å². The Morgan fingerprint density at radius 1 is 1.43 bits per heavy atom. The number of aliphatic hydroxyl groups is 1. The number of rotatable bonds is 3. The monoisotopic (exact) mass is 305 g/mol. The lowest BCUT2D eigenvalue weighted by molar-refractivity contribution is 0.0653. The second-order valence-electron chi connectivity index (χ2n) is 5.47. The Morgan fingerprint density at radius 2 is 2.14 bits per heavy atom. The predicted octanol–water partition coefficient (Wildman–Crippen LogP) is 3.20. The minimum atomic E-state index is -0.149. The summed E-state index contributed by atoms with van der Waals surface area (Å²) in [4.78, 5) is 16.4. The van der Waals surface area contributed by atoms with Crippen molar-refractivity contribution < 1.29 is 9.90 Å². The first-order chi connectivity index (χ1) is 10.2. The SMILES string of the molecule is CCN(C(=O)c1cc(C)c(C#CCO)s1)C1CCCCC1. The summed E-state index contributed by atoms with van der Waals surface area (Å²) in [6.07, 6.45) is 6.00. The van der Waals surface area contributed by atoms with Crippen LogP contribution in [0.15, 0.2) is 6.07 Å². The summed E-state index contributed by atoms with van der Waals surface area (Å²) in [7, 11) is 0. The molecule has 1 heterocycles. The topological polar surface area (TPSA) is 40.5 Å². The zero-order valence-corrected chi connectivity index (χ0v) is 13.6. The molecule has 0 aromatic carbocycles. The molecule has 1 saturated carbocycles. The molecule has 1 aliphatic carbocycles. The quantitative estimate of drug-likeness (QED) is 0.871. The molecular weight excluding hydrogens is 282 g/mol. The van der Waals surface area contributed by atoms with Crippen molar-refractivity contribution in [2.45, 2.75) is 52.0 Å². The molecular formula is C17H23NO2S. The Kier molecular flexibility index (Phi) is 5.84. The second kappa shape index (κ2) is 7.63. The Labute approximate surface area is 131 Å². The van der Waals surface area contributed by atoms with E-state index < -0.39 is 0 Å². The minimum absolute atomic E-state index is 0.134. The molecule has 0 bridgehead atoms. The molecule has 1 amide bonds. The number of hydrogen-bond donors (Lipinski definition) is 1. The van der Waals surface area contributed by atoms with Crippen molar-refractivity contribution in [3.8, 4) is 11.8 Å². The van der Waals surface area contributed by atoms with Crippen LogP contribution in [-0.4, -0.2) is 35.1 Å². The van der Waals surface area contributed by atoms with E-state index in [1.165, 1.54) is 30.6 Å². The number of thiophene rings is 1. The third-order valence-corrected chi connectivity index (χ3v) is 5.17. The molecule has 0 saturated heterocycles. The van der Waals surface area contributed by atoms with Crippen molar-refractivity contribution in [1.29, 1.82) is 0 Å². The molecule has 21 heavy (non-hydrogen) atoms. The first-order valence-electron chi connectivity index (χ1n) is 7.68. The first-order valence-corrected chi connectivity index (χ1v) is 8.50. The van der Waals surface area contributed by atoms with Crippen molar-refractivity contribution in [2.24, 2.45) is 0 Å². The molecule has 1 aromatic heterocycles. The molecule has 4 heteroatoms. The van der Waals surface area contributed by atoms with E-state index in [2.05, 4.69) is 18.8 Å². The van der Waals surface area contributed by atoms with Crippen molar-refractivity contribution in [3.05, 3.63) is 21.4 Å². The van der Waals surface area contributed by atoms with Gasteiger partial charge in [0.1, 0.15) is 6.61 Å². The number of hydrogen-bond acceptors (Lipinski definition) is 3. The summed E-state index contributed by atoms with van der Waals surface area (Å²) < 4.78 is 0. The minimum Gasteiger partial charge on any atom is -0.384 e. The summed E-state index contributed by atoms with van der Waals surface area (Å²) in [5.41, 5.74) is 1.02. The molecule has 2 rings (SSSR count). The number of aryl methyl sites for hydroxylation is 1. The average Bonchev–Trinajstić information content (AvgIpc) is 2.88. The van der Waals surface area contributed by atoms with Gasteiger partial charge in [-0.15, -0.1) is 11.3 Å². The molecule has 1 fully saturated rings. The summed E-state index contributed by atoms with van der Waals surface area (Å²) in [5, 5.41) is 8.79. The van der Waals surface area contributed by atoms with E-state index in [-0.39, 0.29) is 12.5 Å². The van der Waals surface area contributed by atoms with Gasteiger partial charge in [0.25, 0.3) is 5.91 Å². The van der Waals surface area contributed by atoms with Crippen LogP contribution in [0.3, 0.4) is 0 Å². The molecule has 3 nitrogen and oxygen atoms in total. The third kappa shape index (κ3) is 3.87. The number of carbonyl (C=O) groups is 1. The van der Waals surface area contributed by atoms with Gasteiger partial charge in [-0.3, -0.25) is 4.79 Å². The summed E-state index contributed by atoms with van der Waals surface area (Å²) >= 11 is 1.44. The van der Waals surface area contributed by atoms with Gasteiger partial charge in [0.05, 0.1) is 9.75 Å². The van der Waals surface area contributed by atoms with E-state index in [1.807, 2.05) is 17.9 Å². The Hall–Kier alpha value is -1.31. The van der Waals surface area contributed by atoms with Gasteiger partial charge in [-0.25, -0.2) is 0 Å². The average molecular weight is 305 g/mol. The zero-order chi connectivity index (χ0) is 15.2. The number of aliphatic hydroxyl groups excluding tert-OH is 1. The molecule has 1 aromatic rings. The van der Waals surface area contributed by atoms with E-state index in [1.54, 1.807) is 0 Å². The van der Waals surface area contributed by atoms with Gasteiger partial charge in [-0.05, 0) is 38.3 Å². The highest BCUT2D eigenvalue weighted by atomic mass is 32.1. The summed E-state index contributed by atoms with van der Waals surface area (Å²) in [6.45, 7) is 4.63. The fourth-order valence-electron chi connectivity index (χ4n) is 2.93. The normalized spacial score (nSPS) is 15.4. The number of carbonyl (C=O) groups excluding carboxylic acids is 1. The van der Waals surface area contributed by atoms with E-state index in [9.17, 15) is 4.79 Å². The van der Waals surface area contributed by atoms with Gasteiger partial charge in [-0.2, -0.15) is 0 Å².